The van der Waals surface area contributed by atoms with Crippen molar-refractivity contribution in [1.82, 2.24) is 14.9 Å². The highest BCUT2D eigenvalue weighted by Crippen LogP contribution is 2.16. The lowest BCUT2D eigenvalue weighted by Gasteiger charge is -2.22. The Hall–Kier alpha value is -0.880. The van der Waals surface area contributed by atoms with E-state index in [4.69, 9.17) is 11.6 Å². The van der Waals surface area contributed by atoms with Crippen LogP contribution in [0.4, 0.5) is 0 Å². The van der Waals surface area contributed by atoms with Crippen LogP contribution in [-0.2, 0) is 16.6 Å². The van der Waals surface area contributed by atoms with Gasteiger partial charge >= 0.3 is 0 Å². The maximum atomic E-state index is 12.0. The molecule has 2 rings (SSSR count). The number of halogens is 2. The van der Waals surface area contributed by atoms with E-state index in [1.54, 1.807) is 24.6 Å². The summed E-state index contributed by atoms with van der Waals surface area (Å²) in [6.07, 6.45) is 0. The number of sulfonamides is 1. The van der Waals surface area contributed by atoms with Crippen LogP contribution in [0.25, 0.3) is 0 Å². The van der Waals surface area contributed by atoms with Gasteiger partial charge < -0.3 is 10.2 Å². The molecule has 1 aromatic heterocycles. The van der Waals surface area contributed by atoms with Crippen molar-refractivity contribution in [1.29, 1.82) is 0 Å². The minimum atomic E-state index is -3.44. The first-order valence-electron chi connectivity index (χ1n) is 7.62. The topological polar surface area (TPSA) is 73.8 Å². The van der Waals surface area contributed by atoms with Gasteiger partial charge in [-0.15, -0.1) is 35.3 Å². The summed E-state index contributed by atoms with van der Waals surface area (Å²) in [7, 11) is 0.141. The molecule has 26 heavy (non-hydrogen) atoms. The number of hydrogen-bond donors (Lipinski definition) is 2. The molecule has 0 spiro atoms. The van der Waals surface area contributed by atoms with E-state index < -0.39 is 10.0 Å². The van der Waals surface area contributed by atoms with Gasteiger partial charge in [0.1, 0.15) is 4.21 Å². The number of guanidine groups is 1. The highest BCUT2D eigenvalue weighted by molar-refractivity contribution is 14.0. The van der Waals surface area contributed by atoms with E-state index in [2.05, 4.69) is 15.0 Å². The first kappa shape index (κ1) is 23.2. The van der Waals surface area contributed by atoms with Crippen molar-refractivity contribution in [2.75, 3.05) is 27.2 Å². The van der Waals surface area contributed by atoms with E-state index in [0.717, 1.165) is 5.56 Å². The van der Waals surface area contributed by atoms with Crippen LogP contribution in [-0.4, -0.2) is 46.5 Å². The van der Waals surface area contributed by atoms with Crippen molar-refractivity contribution in [2.45, 2.75) is 10.8 Å². The zero-order valence-corrected chi connectivity index (χ0v) is 19.2. The Kier molecular flexibility index (Phi) is 9.86. The predicted octanol–water partition coefficient (Wildman–Crippen LogP) is 3.01. The maximum Gasteiger partial charge on any atom is 0.250 e. The molecule has 0 aliphatic heterocycles. The van der Waals surface area contributed by atoms with Gasteiger partial charge in [0, 0.05) is 38.8 Å². The van der Waals surface area contributed by atoms with Gasteiger partial charge in [-0.1, -0.05) is 35.9 Å². The number of thiophene rings is 1. The largest absolute Gasteiger partial charge is 0.355 e. The molecule has 2 N–H and O–H groups in total. The molecule has 0 saturated carbocycles. The van der Waals surface area contributed by atoms with Gasteiger partial charge in [0.15, 0.2) is 5.96 Å². The maximum absolute atomic E-state index is 12.0. The van der Waals surface area contributed by atoms with Crippen LogP contribution in [0.2, 0.25) is 5.02 Å². The molecule has 1 aromatic carbocycles. The highest BCUT2D eigenvalue weighted by Gasteiger charge is 2.14. The number of hydrogen-bond acceptors (Lipinski definition) is 4. The number of rotatable bonds is 7. The third kappa shape index (κ3) is 6.69. The lowest BCUT2D eigenvalue weighted by atomic mass is 10.2. The van der Waals surface area contributed by atoms with Crippen LogP contribution < -0.4 is 10.0 Å². The molecule has 0 unspecified atom stereocenters. The van der Waals surface area contributed by atoms with Gasteiger partial charge in [-0.2, -0.15) is 0 Å². The molecule has 0 saturated heterocycles. The molecule has 0 fully saturated rings. The van der Waals surface area contributed by atoms with Crippen LogP contribution in [0.3, 0.4) is 0 Å². The third-order valence-corrected chi connectivity index (χ3v) is 6.63. The Bertz CT molecular complexity index is 813. The zero-order valence-electron chi connectivity index (χ0n) is 14.5. The van der Waals surface area contributed by atoms with Gasteiger partial charge in [0.25, 0.3) is 0 Å². The lowest BCUT2D eigenvalue weighted by molar-refractivity contribution is 0.477. The standard InChI is InChI=1S/C16H21ClN4O2S2.HI/c1-18-16(21(2)12-13-6-3-4-7-14(13)17)19-9-10-20-25(22,23)15-8-5-11-24-15;/h3-8,11,20H,9-10,12H2,1-2H3,(H,18,19);1H. The third-order valence-electron chi connectivity index (χ3n) is 3.40. The summed E-state index contributed by atoms with van der Waals surface area (Å²) in [5, 5.41) is 5.57. The van der Waals surface area contributed by atoms with Crippen LogP contribution in [0.5, 0.6) is 0 Å². The molecule has 0 bridgehead atoms. The Balaban J connectivity index is 0.00000338. The minimum absolute atomic E-state index is 0. The van der Waals surface area contributed by atoms with E-state index >= 15 is 0 Å². The summed E-state index contributed by atoms with van der Waals surface area (Å²) < 4.78 is 26.9. The van der Waals surface area contributed by atoms with Crippen molar-refractivity contribution in [3.05, 3.63) is 52.4 Å². The zero-order chi connectivity index (χ0) is 18.3. The number of benzene rings is 1. The van der Waals surface area contributed by atoms with E-state index in [9.17, 15) is 8.42 Å². The molecule has 0 aliphatic rings. The molecular formula is C16H22ClIN4O2S2. The monoisotopic (exact) mass is 528 g/mol. The Morgan fingerprint density at radius 3 is 2.58 bits per heavy atom. The van der Waals surface area contributed by atoms with E-state index in [-0.39, 0.29) is 30.5 Å². The fourth-order valence-corrected chi connectivity index (χ4v) is 4.45. The summed E-state index contributed by atoms with van der Waals surface area (Å²) >= 11 is 7.37. The first-order chi connectivity index (χ1) is 11.9. The normalized spacial score (nSPS) is 11.7. The van der Waals surface area contributed by atoms with Crippen molar-refractivity contribution in [2.24, 2.45) is 4.99 Å². The molecule has 0 aliphatic carbocycles. The molecule has 1 heterocycles. The average Bonchev–Trinajstić information content (AvgIpc) is 3.12. The van der Waals surface area contributed by atoms with Crippen LogP contribution in [0.1, 0.15) is 5.56 Å². The molecule has 144 valence electrons. The van der Waals surface area contributed by atoms with E-state index in [1.165, 1.54) is 11.3 Å². The Morgan fingerprint density at radius 2 is 1.96 bits per heavy atom. The fourth-order valence-electron chi connectivity index (χ4n) is 2.19. The average molecular weight is 529 g/mol. The Morgan fingerprint density at radius 1 is 1.23 bits per heavy atom. The van der Waals surface area contributed by atoms with Gasteiger partial charge in [-0.3, -0.25) is 4.99 Å². The summed E-state index contributed by atoms with van der Waals surface area (Å²) in [4.78, 5) is 6.14. The van der Waals surface area contributed by atoms with Crippen molar-refractivity contribution < 1.29 is 8.42 Å². The Labute approximate surface area is 180 Å². The van der Waals surface area contributed by atoms with Crippen molar-refractivity contribution >= 4 is 62.9 Å². The lowest BCUT2D eigenvalue weighted by Crippen LogP contribution is -2.42. The summed E-state index contributed by atoms with van der Waals surface area (Å²) in [5.74, 6) is 0.662. The molecule has 10 heteroatoms. The molecule has 2 aromatic rings. The molecular weight excluding hydrogens is 507 g/mol. The second-order valence-corrected chi connectivity index (χ2v) is 8.60. The predicted molar refractivity (Wildman–Crippen MR) is 119 cm³/mol. The number of aliphatic imine (C=N–C) groups is 1. The molecule has 0 amide bonds. The van der Waals surface area contributed by atoms with Gasteiger partial charge in [-0.25, -0.2) is 13.1 Å². The van der Waals surface area contributed by atoms with Crippen LogP contribution >= 0.6 is 46.9 Å². The number of nitrogens with zero attached hydrogens (tertiary/aromatic N) is 2. The second kappa shape index (κ2) is 11.1. The van der Waals surface area contributed by atoms with Gasteiger partial charge in [-0.05, 0) is 23.1 Å². The van der Waals surface area contributed by atoms with Crippen LogP contribution in [0, 0.1) is 0 Å². The highest BCUT2D eigenvalue weighted by atomic mass is 127. The van der Waals surface area contributed by atoms with E-state index in [1.807, 2.05) is 36.2 Å². The quantitative estimate of drug-likeness (QED) is 0.251. The fraction of sp³-hybridized carbons (Fsp3) is 0.312. The van der Waals surface area contributed by atoms with Crippen LogP contribution in [0.15, 0.2) is 51.0 Å². The van der Waals surface area contributed by atoms with Crippen molar-refractivity contribution in [3.8, 4) is 0 Å². The first-order valence-corrected chi connectivity index (χ1v) is 10.4. The SMILES string of the molecule is CN=C(NCCNS(=O)(=O)c1cccs1)N(C)Cc1ccccc1Cl.I. The summed E-state index contributed by atoms with van der Waals surface area (Å²) in [6.45, 7) is 1.28. The van der Waals surface area contributed by atoms with Gasteiger partial charge in [0.05, 0.1) is 0 Å². The number of nitrogens with one attached hydrogen (secondary N) is 2. The van der Waals surface area contributed by atoms with Gasteiger partial charge in [0.2, 0.25) is 10.0 Å². The summed E-state index contributed by atoms with van der Waals surface area (Å²) in [5.41, 5.74) is 0.994. The van der Waals surface area contributed by atoms with E-state index in [0.29, 0.717) is 28.3 Å². The minimum Gasteiger partial charge on any atom is -0.355 e. The summed E-state index contributed by atoms with van der Waals surface area (Å²) in [6, 6.07) is 10.9. The molecule has 0 atom stereocenters. The van der Waals surface area contributed by atoms with Crippen molar-refractivity contribution in [3.63, 3.8) is 0 Å². The molecule has 6 nitrogen and oxygen atoms in total. The smallest absolute Gasteiger partial charge is 0.250 e. The second-order valence-electron chi connectivity index (χ2n) is 5.25. The molecule has 0 radical (unpaired) electrons.